The van der Waals surface area contributed by atoms with Crippen molar-refractivity contribution in [3.8, 4) is 5.75 Å². The second kappa shape index (κ2) is 6.00. The molecule has 0 spiro atoms. The Balaban J connectivity index is 1.94. The molecule has 0 aliphatic carbocycles. The number of hydrogen-bond donors (Lipinski definition) is 1. The zero-order valence-corrected chi connectivity index (χ0v) is 10.8. The number of aromatic nitrogens is 1. The van der Waals surface area contributed by atoms with Crippen molar-refractivity contribution in [1.29, 1.82) is 0 Å². The van der Waals surface area contributed by atoms with Gasteiger partial charge in [0, 0.05) is 31.5 Å². The van der Waals surface area contributed by atoms with Crippen LogP contribution in [0.1, 0.15) is 12.0 Å². The van der Waals surface area contributed by atoms with Crippen LogP contribution in [-0.4, -0.2) is 23.0 Å². The van der Waals surface area contributed by atoms with Crippen LogP contribution in [0.25, 0.3) is 0 Å². The third kappa shape index (κ3) is 3.55. The van der Waals surface area contributed by atoms with Crippen LogP contribution in [0, 0.1) is 0 Å². The number of pyridine rings is 1. The highest BCUT2D eigenvalue weighted by Gasteiger charge is 2.10. The molecule has 4 nitrogen and oxygen atoms in total. The summed E-state index contributed by atoms with van der Waals surface area (Å²) >= 11 is 0. The maximum Gasteiger partial charge on any atom is 0.227 e. The minimum atomic E-state index is 0.0366. The lowest BCUT2D eigenvalue weighted by atomic mass is 10.1. The van der Waals surface area contributed by atoms with Crippen LogP contribution in [0.2, 0.25) is 0 Å². The molecule has 0 bridgehead atoms. The lowest BCUT2D eigenvalue weighted by Gasteiger charge is -2.17. The second-order valence-electron chi connectivity index (χ2n) is 4.33. The van der Waals surface area contributed by atoms with Crippen LogP contribution in [-0.2, 0) is 11.2 Å². The summed E-state index contributed by atoms with van der Waals surface area (Å²) in [5, 5.41) is 9.22. The van der Waals surface area contributed by atoms with Crippen molar-refractivity contribution in [1.82, 2.24) is 4.98 Å². The Bertz CT molecular complexity index is 538. The third-order valence-corrected chi connectivity index (χ3v) is 2.96. The predicted molar refractivity (Wildman–Crippen MR) is 74.1 cm³/mol. The first-order valence-corrected chi connectivity index (χ1v) is 6.11. The van der Waals surface area contributed by atoms with E-state index < -0.39 is 0 Å². The Morgan fingerprint density at radius 1 is 1.26 bits per heavy atom. The quantitative estimate of drug-likeness (QED) is 0.913. The van der Waals surface area contributed by atoms with Crippen LogP contribution < -0.4 is 4.90 Å². The molecule has 0 radical (unpaired) electrons. The van der Waals surface area contributed by atoms with Gasteiger partial charge in [0.25, 0.3) is 0 Å². The van der Waals surface area contributed by atoms with E-state index in [1.807, 2.05) is 12.1 Å². The zero-order valence-electron chi connectivity index (χ0n) is 10.8. The molecule has 2 rings (SSSR count). The molecule has 0 unspecified atom stereocenters. The monoisotopic (exact) mass is 256 g/mol. The molecular weight excluding hydrogens is 240 g/mol. The van der Waals surface area contributed by atoms with Crippen molar-refractivity contribution < 1.29 is 9.90 Å². The number of anilines is 1. The third-order valence-electron chi connectivity index (χ3n) is 2.96. The molecule has 2 aromatic rings. The summed E-state index contributed by atoms with van der Waals surface area (Å²) in [6, 6.07) is 10.4. The number of benzene rings is 1. The highest BCUT2D eigenvalue weighted by atomic mass is 16.3. The van der Waals surface area contributed by atoms with E-state index in [4.69, 9.17) is 0 Å². The van der Waals surface area contributed by atoms with Crippen molar-refractivity contribution in [2.24, 2.45) is 0 Å². The molecule has 0 aliphatic heterocycles. The summed E-state index contributed by atoms with van der Waals surface area (Å²) in [7, 11) is 1.73. The zero-order chi connectivity index (χ0) is 13.7. The van der Waals surface area contributed by atoms with Crippen LogP contribution in [0.15, 0.2) is 48.8 Å². The van der Waals surface area contributed by atoms with E-state index in [0.717, 1.165) is 11.3 Å². The number of phenols is 1. The maximum absolute atomic E-state index is 12.0. The topological polar surface area (TPSA) is 53.4 Å². The van der Waals surface area contributed by atoms with Gasteiger partial charge in [0.05, 0.1) is 0 Å². The summed E-state index contributed by atoms with van der Waals surface area (Å²) in [5.41, 5.74) is 1.82. The normalized spacial score (nSPS) is 10.2. The fourth-order valence-electron chi connectivity index (χ4n) is 1.79. The number of amides is 1. The average molecular weight is 256 g/mol. The SMILES string of the molecule is CN(C(=O)CCc1cccnc1)c1ccc(O)cc1. The smallest absolute Gasteiger partial charge is 0.227 e. The second-order valence-corrected chi connectivity index (χ2v) is 4.33. The summed E-state index contributed by atoms with van der Waals surface area (Å²) in [6.45, 7) is 0. The molecule has 0 atom stereocenters. The molecule has 1 aromatic heterocycles. The van der Waals surface area contributed by atoms with Gasteiger partial charge in [0.15, 0.2) is 0 Å². The van der Waals surface area contributed by atoms with Crippen LogP contribution in [0.3, 0.4) is 0 Å². The first kappa shape index (κ1) is 13.1. The fraction of sp³-hybridized carbons (Fsp3) is 0.200. The molecule has 0 fully saturated rings. The van der Waals surface area contributed by atoms with Crippen LogP contribution in [0.5, 0.6) is 5.75 Å². The first-order chi connectivity index (χ1) is 9.16. The molecule has 1 amide bonds. The fourth-order valence-corrected chi connectivity index (χ4v) is 1.79. The van der Waals surface area contributed by atoms with Gasteiger partial charge in [-0.25, -0.2) is 0 Å². The van der Waals surface area contributed by atoms with Crippen molar-refractivity contribution in [2.75, 3.05) is 11.9 Å². The molecule has 98 valence electrons. The minimum Gasteiger partial charge on any atom is -0.508 e. The molecule has 0 saturated carbocycles. The molecule has 1 aromatic carbocycles. The first-order valence-electron chi connectivity index (χ1n) is 6.11. The summed E-state index contributed by atoms with van der Waals surface area (Å²) in [6.07, 6.45) is 4.60. The Morgan fingerprint density at radius 3 is 2.63 bits per heavy atom. The highest BCUT2D eigenvalue weighted by Crippen LogP contribution is 2.18. The summed E-state index contributed by atoms with van der Waals surface area (Å²) in [4.78, 5) is 17.7. The lowest BCUT2D eigenvalue weighted by molar-refractivity contribution is -0.118. The van der Waals surface area contributed by atoms with Crippen molar-refractivity contribution in [3.63, 3.8) is 0 Å². The number of carbonyl (C=O) groups is 1. The standard InChI is InChI=1S/C15H16N2O2/c1-17(13-5-7-14(18)8-6-13)15(19)9-4-12-3-2-10-16-11-12/h2-3,5-8,10-11,18H,4,9H2,1H3. The number of nitrogens with zero attached hydrogens (tertiary/aromatic N) is 2. The Morgan fingerprint density at radius 2 is 2.00 bits per heavy atom. The van der Waals surface area contributed by atoms with E-state index >= 15 is 0 Å². The summed E-state index contributed by atoms with van der Waals surface area (Å²) in [5.74, 6) is 0.231. The number of aryl methyl sites for hydroxylation is 1. The molecule has 4 heteroatoms. The van der Waals surface area contributed by atoms with Crippen LogP contribution in [0.4, 0.5) is 5.69 Å². The maximum atomic E-state index is 12.0. The van der Waals surface area contributed by atoms with Gasteiger partial charge in [-0.2, -0.15) is 0 Å². The van der Waals surface area contributed by atoms with Crippen molar-refractivity contribution in [2.45, 2.75) is 12.8 Å². The van der Waals surface area contributed by atoms with Crippen molar-refractivity contribution in [3.05, 3.63) is 54.4 Å². The molecule has 1 N–H and O–H groups in total. The van der Waals surface area contributed by atoms with Gasteiger partial charge < -0.3 is 10.0 Å². The Hall–Kier alpha value is -2.36. The molecule has 0 saturated heterocycles. The van der Waals surface area contributed by atoms with Gasteiger partial charge in [-0.15, -0.1) is 0 Å². The van der Waals surface area contributed by atoms with E-state index in [-0.39, 0.29) is 11.7 Å². The number of rotatable bonds is 4. The average Bonchev–Trinajstić information content (AvgIpc) is 2.46. The summed E-state index contributed by atoms with van der Waals surface area (Å²) < 4.78 is 0. The number of hydrogen-bond acceptors (Lipinski definition) is 3. The van der Waals surface area contributed by atoms with Gasteiger partial charge in [-0.1, -0.05) is 6.07 Å². The number of phenolic OH excluding ortho intramolecular Hbond substituents is 1. The number of carbonyl (C=O) groups excluding carboxylic acids is 1. The minimum absolute atomic E-state index is 0.0366. The Kier molecular flexibility index (Phi) is 4.13. The molecule has 19 heavy (non-hydrogen) atoms. The Labute approximate surface area is 112 Å². The van der Waals surface area contributed by atoms with Crippen LogP contribution >= 0.6 is 0 Å². The molecule has 1 heterocycles. The van der Waals surface area contributed by atoms with E-state index in [2.05, 4.69) is 4.98 Å². The van der Waals surface area contributed by atoms with E-state index in [1.54, 1.807) is 48.6 Å². The highest BCUT2D eigenvalue weighted by molar-refractivity contribution is 5.92. The van der Waals surface area contributed by atoms with Gasteiger partial charge in [0.1, 0.15) is 5.75 Å². The molecular formula is C15H16N2O2. The predicted octanol–water partition coefficient (Wildman–Crippen LogP) is 2.38. The number of aromatic hydroxyl groups is 1. The van der Waals surface area contributed by atoms with Gasteiger partial charge >= 0.3 is 0 Å². The van der Waals surface area contributed by atoms with E-state index in [9.17, 15) is 9.90 Å². The van der Waals surface area contributed by atoms with Gasteiger partial charge in [-0.3, -0.25) is 9.78 Å². The lowest BCUT2D eigenvalue weighted by Crippen LogP contribution is -2.26. The van der Waals surface area contributed by atoms with E-state index in [1.165, 1.54) is 0 Å². The van der Waals surface area contributed by atoms with Gasteiger partial charge in [0.2, 0.25) is 5.91 Å². The van der Waals surface area contributed by atoms with E-state index in [0.29, 0.717) is 12.8 Å². The van der Waals surface area contributed by atoms with Gasteiger partial charge in [-0.05, 0) is 42.3 Å². The van der Waals surface area contributed by atoms with Crippen molar-refractivity contribution >= 4 is 11.6 Å². The largest absolute Gasteiger partial charge is 0.508 e. The molecule has 0 aliphatic rings.